The maximum absolute atomic E-state index is 8.94. The highest BCUT2D eigenvalue weighted by atomic mass is 79.9. The van der Waals surface area contributed by atoms with Crippen molar-refractivity contribution >= 4 is 27.3 Å². The standard InChI is InChI=1S/C16H15BrN2/c1-10-8-15(5-4-13(10)9-18)19-16-11(2)6-14(17)7-12(16)3/h4-8,19H,1-3H3. The highest BCUT2D eigenvalue weighted by molar-refractivity contribution is 9.10. The van der Waals surface area contributed by atoms with Crippen LogP contribution >= 0.6 is 15.9 Å². The van der Waals surface area contributed by atoms with Gasteiger partial charge in [-0.15, -0.1) is 0 Å². The molecular formula is C16H15BrN2. The molecule has 3 heteroatoms. The maximum atomic E-state index is 8.94. The lowest BCUT2D eigenvalue weighted by molar-refractivity contribution is 1.33. The molecule has 0 atom stereocenters. The first-order valence-electron chi connectivity index (χ1n) is 6.06. The van der Waals surface area contributed by atoms with Gasteiger partial charge in [0.2, 0.25) is 0 Å². The second-order valence-electron chi connectivity index (χ2n) is 4.68. The van der Waals surface area contributed by atoms with Gasteiger partial charge in [0.1, 0.15) is 0 Å². The van der Waals surface area contributed by atoms with Crippen LogP contribution < -0.4 is 5.32 Å². The first-order chi connectivity index (χ1) is 9.01. The summed E-state index contributed by atoms with van der Waals surface area (Å²) in [5, 5.41) is 12.4. The molecule has 0 amide bonds. The zero-order valence-electron chi connectivity index (χ0n) is 11.2. The predicted molar refractivity (Wildman–Crippen MR) is 82.8 cm³/mol. The number of aryl methyl sites for hydroxylation is 3. The Balaban J connectivity index is 2.37. The van der Waals surface area contributed by atoms with Crippen LogP contribution in [-0.2, 0) is 0 Å². The van der Waals surface area contributed by atoms with E-state index in [-0.39, 0.29) is 0 Å². The Kier molecular flexibility index (Phi) is 3.92. The Bertz CT molecular complexity index is 646. The molecular weight excluding hydrogens is 300 g/mol. The van der Waals surface area contributed by atoms with Gasteiger partial charge in [-0.05, 0) is 67.8 Å². The minimum absolute atomic E-state index is 0.717. The van der Waals surface area contributed by atoms with Crippen molar-refractivity contribution in [1.29, 1.82) is 5.26 Å². The largest absolute Gasteiger partial charge is 0.355 e. The molecule has 0 saturated heterocycles. The fraction of sp³-hybridized carbons (Fsp3) is 0.188. The van der Waals surface area contributed by atoms with Crippen molar-refractivity contribution in [2.45, 2.75) is 20.8 Å². The third-order valence-electron chi connectivity index (χ3n) is 3.11. The van der Waals surface area contributed by atoms with Crippen LogP contribution in [0.2, 0.25) is 0 Å². The molecule has 0 unspecified atom stereocenters. The van der Waals surface area contributed by atoms with E-state index in [1.165, 1.54) is 11.1 Å². The summed E-state index contributed by atoms with van der Waals surface area (Å²) >= 11 is 3.50. The fourth-order valence-electron chi connectivity index (χ4n) is 2.12. The maximum Gasteiger partial charge on any atom is 0.0994 e. The van der Waals surface area contributed by atoms with Crippen molar-refractivity contribution in [3.05, 3.63) is 57.1 Å². The van der Waals surface area contributed by atoms with Crippen molar-refractivity contribution in [3.63, 3.8) is 0 Å². The summed E-state index contributed by atoms with van der Waals surface area (Å²) in [6.45, 7) is 6.11. The van der Waals surface area contributed by atoms with E-state index in [4.69, 9.17) is 5.26 Å². The van der Waals surface area contributed by atoms with Crippen LogP contribution in [0.5, 0.6) is 0 Å². The normalized spacial score (nSPS) is 10.1. The minimum Gasteiger partial charge on any atom is -0.355 e. The molecule has 0 fully saturated rings. The summed E-state index contributed by atoms with van der Waals surface area (Å²) < 4.78 is 1.09. The lowest BCUT2D eigenvalue weighted by Gasteiger charge is -2.14. The van der Waals surface area contributed by atoms with E-state index in [1.807, 2.05) is 25.1 Å². The third kappa shape index (κ3) is 2.97. The van der Waals surface area contributed by atoms with Crippen LogP contribution in [0, 0.1) is 32.1 Å². The monoisotopic (exact) mass is 314 g/mol. The molecule has 0 heterocycles. The number of anilines is 2. The molecule has 0 saturated carbocycles. The van der Waals surface area contributed by atoms with Crippen molar-refractivity contribution in [2.75, 3.05) is 5.32 Å². The Hall–Kier alpha value is -1.79. The van der Waals surface area contributed by atoms with E-state index in [9.17, 15) is 0 Å². The Morgan fingerprint density at radius 3 is 2.16 bits per heavy atom. The molecule has 19 heavy (non-hydrogen) atoms. The second-order valence-corrected chi connectivity index (χ2v) is 5.60. The van der Waals surface area contributed by atoms with E-state index in [0.29, 0.717) is 0 Å². The van der Waals surface area contributed by atoms with Crippen molar-refractivity contribution in [2.24, 2.45) is 0 Å². The van der Waals surface area contributed by atoms with Gasteiger partial charge in [-0.1, -0.05) is 15.9 Å². The average Bonchev–Trinajstić information content (AvgIpc) is 2.34. The molecule has 2 nitrogen and oxygen atoms in total. The molecule has 0 spiro atoms. The van der Waals surface area contributed by atoms with Crippen molar-refractivity contribution < 1.29 is 0 Å². The topological polar surface area (TPSA) is 35.8 Å². The zero-order valence-corrected chi connectivity index (χ0v) is 12.8. The molecule has 96 valence electrons. The Morgan fingerprint density at radius 1 is 1.00 bits per heavy atom. The lowest BCUT2D eigenvalue weighted by atomic mass is 10.1. The van der Waals surface area contributed by atoms with Gasteiger partial charge in [0.15, 0.2) is 0 Å². The zero-order chi connectivity index (χ0) is 14.0. The average molecular weight is 315 g/mol. The fourth-order valence-corrected chi connectivity index (χ4v) is 2.81. The quantitative estimate of drug-likeness (QED) is 0.847. The van der Waals surface area contributed by atoms with Gasteiger partial charge in [-0.25, -0.2) is 0 Å². The van der Waals surface area contributed by atoms with Gasteiger partial charge in [-0.2, -0.15) is 5.26 Å². The van der Waals surface area contributed by atoms with Crippen LogP contribution in [0.1, 0.15) is 22.3 Å². The van der Waals surface area contributed by atoms with E-state index in [0.717, 1.165) is 27.0 Å². The number of nitriles is 1. The summed E-state index contributed by atoms with van der Waals surface area (Å²) in [6, 6.07) is 12.1. The summed E-state index contributed by atoms with van der Waals surface area (Å²) in [5.41, 5.74) is 6.20. The number of nitrogens with zero attached hydrogens (tertiary/aromatic N) is 1. The Morgan fingerprint density at radius 2 is 1.63 bits per heavy atom. The molecule has 0 aromatic heterocycles. The lowest BCUT2D eigenvalue weighted by Crippen LogP contribution is -1.97. The van der Waals surface area contributed by atoms with Crippen molar-refractivity contribution in [3.8, 4) is 6.07 Å². The highest BCUT2D eigenvalue weighted by Gasteiger charge is 2.06. The molecule has 0 aliphatic rings. The van der Waals surface area contributed by atoms with E-state index in [1.54, 1.807) is 0 Å². The van der Waals surface area contributed by atoms with E-state index >= 15 is 0 Å². The first kappa shape index (κ1) is 13.6. The summed E-state index contributed by atoms with van der Waals surface area (Å²) in [4.78, 5) is 0. The van der Waals surface area contributed by atoms with Gasteiger partial charge in [0.25, 0.3) is 0 Å². The molecule has 0 aliphatic heterocycles. The molecule has 0 aliphatic carbocycles. The molecule has 2 aromatic carbocycles. The smallest absolute Gasteiger partial charge is 0.0994 e. The predicted octanol–water partition coefficient (Wildman–Crippen LogP) is 4.99. The number of nitrogens with one attached hydrogen (secondary N) is 1. The van der Waals surface area contributed by atoms with Crippen LogP contribution in [0.25, 0.3) is 0 Å². The number of rotatable bonds is 2. The van der Waals surface area contributed by atoms with Gasteiger partial charge >= 0.3 is 0 Å². The summed E-state index contributed by atoms with van der Waals surface area (Å²) in [6.07, 6.45) is 0. The molecule has 0 bridgehead atoms. The second kappa shape index (κ2) is 5.46. The van der Waals surface area contributed by atoms with E-state index < -0.39 is 0 Å². The SMILES string of the molecule is Cc1cc(Nc2c(C)cc(Br)cc2C)ccc1C#N. The molecule has 2 rings (SSSR count). The minimum atomic E-state index is 0.717. The number of benzene rings is 2. The van der Waals surface area contributed by atoms with Crippen LogP contribution in [-0.4, -0.2) is 0 Å². The van der Waals surface area contributed by atoms with Gasteiger partial charge in [0.05, 0.1) is 11.6 Å². The third-order valence-corrected chi connectivity index (χ3v) is 3.57. The van der Waals surface area contributed by atoms with E-state index in [2.05, 4.69) is 53.3 Å². The number of halogens is 1. The Labute approximate surface area is 122 Å². The van der Waals surface area contributed by atoms with Crippen molar-refractivity contribution in [1.82, 2.24) is 0 Å². The van der Waals surface area contributed by atoms with Gasteiger partial charge in [-0.3, -0.25) is 0 Å². The van der Waals surface area contributed by atoms with Crippen LogP contribution in [0.15, 0.2) is 34.8 Å². The summed E-state index contributed by atoms with van der Waals surface area (Å²) in [7, 11) is 0. The highest BCUT2D eigenvalue weighted by Crippen LogP contribution is 2.28. The van der Waals surface area contributed by atoms with Gasteiger partial charge in [0, 0.05) is 15.8 Å². The summed E-state index contributed by atoms with van der Waals surface area (Å²) in [5.74, 6) is 0. The number of hydrogen-bond acceptors (Lipinski definition) is 2. The number of hydrogen-bond donors (Lipinski definition) is 1. The van der Waals surface area contributed by atoms with Crippen LogP contribution in [0.3, 0.4) is 0 Å². The molecule has 0 radical (unpaired) electrons. The molecule has 2 aromatic rings. The molecule has 1 N–H and O–H groups in total. The first-order valence-corrected chi connectivity index (χ1v) is 6.85. The van der Waals surface area contributed by atoms with Crippen LogP contribution in [0.4, 0.5) is 11.4 Å². The van der Waals surface area contributed by atoms with Gasteiger partial charge < -0.3 is 5.32 Å².